The summed E-state index contributed by atoms with van der Waals surface area (Å²) in [6.07, 6.45) is 0.751. The first-order valence-corrected chi connectivity index (χ1v) is 4.54. The zero-order chi connectivity index (χ0) is 10.8. The number of amides is 1. The minimum Gasteiger partial charge on any atom is -0.465 e. The quantitative estimate of drug-likeness (QED) is 0.777. The molecule has 0 aliphatic heterocycles. The van der Waals surface area contributed by atoms with Crippen LogP contribution in [0.25, 0.3) is 10.9 Å². The van der Waals surface area contributed by atoms with Crippen molar-refractivity contribution >= 4 is 17.0 Å². The van der Waals surface area contributed by atoms with Gasteiger partial charge in [-0.3, -0.25) is 4.68 Å². The second kappa shape index (κ2) is 3.61. The molecule has 0 saturated heterocycles. The number of aryl methyl sites for hydroxylation is 1. The Balaban J connectivity index is 2.27. The number of aromatic nitrogens is 2. The molecule has 78 valence electrons. The molecule has 2 rings (SSSR count). The van der Waals surface area contributed by atoms with E-state index in [2.05, 4.69) is 10.4 Å². The van der Waals surface area contributed by atoms with Crippen LogP contribution < -0.4 is 5.32 Å². The SMILES string of the molecule is Cn1ncc2cc(CNC(=O)O)ccc21. The molecule has 1 amide bonds. The zero-order valence-corrected chi connectivity index (χ0v) is 8.27. The van der Waals surface area contributed by atoms with Gasteiger partial charge >= 0.3 is 6.09 Å². The summed E-state index contributed by atoms with van der Waals surface area (Å²) < 4.78 is 1.78. The molecule has 1 heterocycles. The van der Waals surface area contributed by atoms with Crippen molar-refractivity contribution in [3.05, 3.63) is 30.0 Å². The van der Waals surface area contributed by atoms with E-state index in [0.29, 0.717) is 6.54 Å². The Kier molecular flexibility index (Phi) is 2.29. The van der Waals surface area contributed by atoms with Gasteiger partial charge in [-0.25, -0.2) is 4.79 Å². The largest absolute Gasteiger partial charge is 0.465 e. The Labute approximate surface area is 86.3 Å². The van der Waals surface area contributed by atoms with Crippen molar-refractivity contribution in [2.45, 2.75) is 6.54 Å². The van der Waals surface area contributed by atoms with Gasteiger partial charge in [-0.1, -0.05) is 6.07 Å². The summed E-state index contributed by atoms with van der Waals surface area (Å²) in [5.41, 5.74) is 1.96. The van der Waals surface area contributed by atoms with Crippen molar-refractivity contribution in [3.8, 4) is 0 Å². The maximum Gasteiger partial charge on any atom is 0.404 e. The lowest BCUT2D eigenvalue weighted by molar-refractivity contribution is 0.194. The first-order chi connectivity index (χ1) is 7.16. The summed E-state index contributed by atoms with van der Waals surface area (Å²) in [5, 5.41) is 15.9. The van der Waals surface area contributed by atoms with E-state index in [-0.39, 0.29) is 0 Å². The fourth-order valence-corrected chi connectivity index (χ4v) is 1.50. The number of benzene rings is 1. The van der Waals surface area contributed by atoms with Crippen LogP contribution in [0.2, 0.25) is 0 Å². The van der Waals surface area contributed by atoms with Gasteiger partial charge in [0.2, 0.25) is 0 Å². The highest BCUT2D eigenvalue weighted by Gasteiger charge is 2.01. The maximum atomic E-state index is 10.3. The average Bonchev–Trinajstić information content (AvgIpc) is 2.57. The summed E-state index contributed by atoms with van der Waals surface area (Å²) in [4.78, 5) is 10.3. The lowest BCUT2D eigenvalue weighted by atomic mass is 10.1. The Morgan fingerprint density at radius 1 is 1.60 bits per heavy atom. The topological polar surface area (TPSA) is 67.2 Å². The van der Waals surface area contributed by atoms with Crippen molar-refractivity contribution in [1.29, 1.82) is 0 Å². The molecular weight excluding hydrogens is 194 g/mol. The molecular formula is C10H11N3O2. The third kappa shape index (κ3) is 1.90. The van der Waals surface area contributed by atoms with Crippen LogP contribution in [0.15, 0.2) is 24.4 Å². The lowest BCUT2D eigenvalue weighted by Crippen LogP contribution is -2.19. The van der Waals surface area contributed by atoms with Crippen molar-refractivity contribution in [2.24, 2.45) is 7.05 Å². The average molecular weight is 205 g/mol. The van der Waals surface area contributed by atoms with Gasteiger partial charge in [0.15, 0.2) is 0 Å². The van der Waals surface area contributed by atoms with Crippen LogP contribution in [0, 0.1) is 0 Å². The van der Waals surface area contributed by atoms with Gasteiger partial charge in [-0.2, -0.15) is 5.10 Å². The Morgan fingerprint density at radius 3 is 3.13 bits per heavy atom. The van der Waals surface area contributed by atoms with E-state index in [0.717, 1.165) is 16.5 Å². The van der Waals surface area contributed by atoms with Crippen LogP contribution in [0.5, 0.6) is 0 Å². The van der Waals surface area contributed by atoms with Gasteiger partial charge < -0.3 is 10.4 Å². The minimum absolute atomic E-state index is 0.320. The van der Waals surface area contributed by atoms with Gasteiger partial charge in [0.1, 0.15) is 0 Å². The van der Waals surface area contributed by atoms with Gasteiger partial charge in [0.05, 0.1) is 11.7 Å². The van der Waals surface area contributed by atoms with Crippen LogP contribution in [0.3, 0.4) is 0 Å². The van der Waals surface area contributed by atoms with Crippen LogP contribution in [-0.4, -0.2) is 21.0 Å². The molecule has 1 aromatic carbocycles. The summed E-state index contributed by atoms with van der Waals surface area (Å²) in [6, 6.07) is 5.75. The van der Waals surface area contributed by atoms with E-state index in [1.807, 2.05) is 25.2 Å². The van der Waals surface area contributed by atoms with Gasteiger partial charge in [0.25, 0.3) is 0 Å². The van der Waals surface area contributed by atoms with Gasteiger partial charge in [0, 0.05) is 19.0 Å². The van der Waals surface area contributed by atoms with E-state index >= 15 is 0 Å². The highest BCUT2D eigenvalue weighted by molar-refractivity contribution is 5.79. The highest BCUT2D eigenvalue weighted by atomic mass is 16.4. The third-order valence-electron chi connectivity index (χ3n) is 2.25. The Morgan fingerprint density at radius 2 is 2.40 bits per heavy atom. The molecule has 5 heteroatoms. The number of hydrogen-bond donors (Lipinski definition) is 2. The van der Waals surface area contributed by atoms with Gasteiger partial charge in [-0.15, -0.1) is 0 Å². The molecule has 15 heavy (non-hydrogen) atoms. The molecule has 5 nitrogen and oxygen atoms in total. The number of hydrogen-bond acceptors (Lipinski definition) is 2. The van der Waals surface area contributed by atoms with Crippen molar-refractivity contribution in [2.75, 3.05) is 0 Å². The van der Waals surface area contributed by atoms with Crippen LogP contribution in [0.4, 0.5) is 4.79 Å². The smallest absolute Gasteiger partial charge is 0.404 e. The predicted octanol–water partition coefficient (Wildman–Crippen LogP) is 1.34. The minimum atomic E-state index is -1.01. The Bertz CT molecular complexity index is 504. The van der Waals surface area contributed by atoms with Crippen LogP contribution in [-0.2, 0) is 13.6 Å². The molecule has 0 saturated carbocycles. The number of fused-ring (bicyclic) bond motifs is 1. The van der Waals surface area contributed by atoms with E-state index in [1.54, 1.807) is 10.9 Å². The summed E-state index contributed by atoms with van der Waals surface area (Å²) in [6.45, 7) is 0.320. The van der Waals surface area contributed by atoms with E-state index < -0.39 is 6.09 Å². The number of carbonyl (C=O) groups is 1. The molecule has 0 spiro atoms. The second-order valence-electron chi connectivity index (χ2n) is 3.32. The summed E-state index contributed by atoms with van der Waals surface area (Å²) in [5.74, 6) is 0. The monoisotopic (exact) mass is 205 g/mol. The molecule has 1 aromatic heterocycles. The molecule has 2 aromatic rings. The molecule has 0 atom stereocenters. The number of carboxylic acid groups (broad SMARTS) is 1. The zero-order valence-electron chi connectivity index (χ0n) is 8.27. The first kappa shape index (κ1) is 9.51. The third-order valence-corrected chi connectivity index (χ3v) is 2.25. The molecule has 0 aliphatic carbocycles. The molecule has 0 aliphatic rings. The molecule has 2 N–H and O–H groups in total. The summed E-state index contributed by atoms with van der Waals surface area (Å²) in [7, 11) is 1.87. The second-order valence-corrected chi connectivity index (χ2v) is 3.32. The van der Waals surface area contributed by atoms with Crippen LogP contribution >= 0.6 is 0 Å². The number of nitrogens with one attached hydrogen (secondary N) is 1. The van der Waals surface area contributed by atoms with Crippen LogP contribution in [0.1, 0.15) is 5.56 Å². The van der Waals surface area contributed by atoms with Crippen molar-refractivity contribution in [1.82, 2.24) is 15.1 Å². The van der Waals surface area contributed by atoms with E-state index in [4.69, 9.17) is 5.11 Å². The highest BCUT2D eigenvalue weighted by Crippen LogP contribution is 2.14. The predicted molar refractivity (Wildman–Crippen MR) is 55.6 cm³/mol. The number of nitrogens with zero attached hydrogens (tertiary/aromatic N) is 2. The lowest BCUT2D eigenvalue weighted by Gasteiger charge is -2.01. The number of rotatable bonds is 2. The molecule has 0 unspecified atom stereocenters. The maximum absolute atomic E-state index is 10.3. The van der Waals surface area contributed by atoms with Gasteiger partial charge in [-0.05, 0) is 17.7 Å². The Hall–Kier alpha value is -2.04. The standard InChI is InChI=1S/C10H11N3O2/c1-13-9-3-2-7(5-11-10(14)15)4-8(9)6-12-13/h2-4,6,11H,5H2,1H3,(H,14,15). The fraction of sp³-hybridized carbons (Fsp3) is 0.200. The fourth-order valence-electron chi connectivity index (χ4n) is 1.50. The normalized spacial score (nSPS) is 10.5. The van der Waals surface area contributed by atoms with Crippen molar-refractivity contribution < 1.29 is 9.90 Å². The summed E-state index contributed by atoms with van der Waals surface area (Å²) >= 11 is 0. The van der Waals surface area contributed by atoms with Crippen molar-refractivity contribution in [3.63, 3.8) is 0 Å². The van der Waals surface area contributed by atoms with E-state index in [9.17, 15) is 4.79 Å². The molecule has 0 fully saturated rings. The van der Waals surface area contributed by atoms with E-state index in [1.165, 1.54) is 0 Å². The molecule has 0 bridgehead atoms. The molecule has 0 radical (unpaired) electrons. The first-order valence-electron chi connectivity index (χ1n) is 4.54.